The lowest BCUT2D eigenvalue weighted by Gasteiger charge is -2.30. The van der Waals surface area contributed by atoms with Crippen LogP contribution in [0.25, 0.3) is 0 Å². The van der Waals surface area contributed by atoms with Crippen LogP contribution in [0, 0.1) is 0 Å². The van der Waals surface area contributed by atoms with Gasteiger partial charge in [0, 0.05) is 31.6 Å². The molecule has 0 N–H and O–H groups in total. The van der Waals surface area contributed by atoms with Crippen molar-refractivity contribution in [3.05, 3.63) is 23.8 Å². The van der Waals surface area contributed by atoms with Gasteiger partial charge in [0.15, 0.2) is 0 Å². The Labute approximate surface area is 147 Å². The van der Waals surface area contributed by atoms with Crippen molar-refractivity contribution < 1.29 is 17.9 Å². The third-order valence-corrected chi connectivity index (χ3v) is 6.23. The Hall–Kier alpha value is -1.93. The molecule has 0 bridgehead atoms. The molecule has 0 unspecified atom stereocenters. The lowest BCUT2D eigenvalue weighted by atomic mass is 10.1. The van der Waals surface area contributed by atoms with Crippen molar-refractivity contribution in [3.63, 3.8) is 0 Å². The molecule has 1 aromatic carbocycles. The van der Waals surface area contributed by atoms with E-state index < -0.39 is 10.0 Å². The molecule has 134 valence electrons. The van der Waals surface area contributed by atoms with Crippen molar-refractivity contribution in [3.8, 4) is 0 Å². The zero-order valence-electron chi connectivity index (χ0n) is 14.0. The quantitative estimate of drug-likeness (QED) is 0.758. The van der Waals surface area contributed by atoms with Crippen LogP contribution in [0.4, 0.5) is 5.69 Å². The minimum atomic E-state index is -3.76. The predicted molar refractivity (Wildman–Crippen MR) is 93.6 cm³/mol. The van der Waals surface area contributed by atoms with Crippen LogP contribution in [0.2, 0.25) is 0 Å². The highest BCUT2D eigenvalue weighted by atomic mass is 32.2. The number of benzene rings is 1. The summed E-state index contributed by atoms with van der Waals surface area (Å²) >= 11 is 0. The van der Waals surface area contributed by atoms with Gasteiger partial charge in [-0.25, -0.2) is 0 Å². The largest absolute Gasteiger partial charge is 0.378 e. The molecular formula is C17H21N3O4S. The summed E-state index contributed by atoms with van der Waals surface area (Å²) in [6.45, 7) is 2.83. The van der Waals surface area contributed by atoms with Crippen molar-refractivity contribution >= 4 is 27.5 Å². The molecule has 1 amide bonds. The van der Waals surface area contributed by atoms with Crippen LogP contribution < -0.4 is 4.90 Å². The van der Waals surface area contributed by atoms with Crippen molar-refractivity contribution in [1.29, 1.82) is 0 Å². The summed E-state index contributed by atoms with van der Waals surface area (Å²) in [7, 11) is -3.76. The van der Waals surface area contributed by atoms with E-state index in [0.717, 1.165) is 25.8 Å². The third kappa shape index (κ3) is 3.04. The lowest BCUT2D eigenvalue weighted by molar-refractivity contribution is 0.0302. The number of amidine groups is 1. The van der Waals surface area contributed by atoms with Gasteiger partial charge in [-0.05, 0) is 31.0 Å². The van der Waals surface area contributed by atoms with Gasteiger partial charge in [-0.1, -0.05) is 6.42 Å². The molecule has 3 aliphatic heterocycles. The second kappa shape index (κ2) is 6.42. The number of hydrogen-bond acceptors (Lipinski definition) is 5. The molecule has 3 heterocycles. The Kier molecular flexibility index (Phi) is 4.24. The number of amides is 1. The molecule has 1 aromatic rings. The SMILES string of the molecule is O=C(c1ccc2c(c1)S(=O)(=O)N=C1CCCCCN12)N1CCOCC1. The van der Waals surface area contributed by atoms with E-state index in [1.54, 1.807) is 17.0 Å². The lowest BCUT2D eigenvalue weighted by Crippen LogP contribution is -2.41. The van der Waals surface area contributed by atoms with Gasteiger partial charge >= 0.3 is 0 Å². The number of ether oxygens (including phenoxy) is 1. The van der Waals surface area contributed by atoms with Gasteiger partial charge < -0.3 is 14.5 Å². The summed E-state index contributed by atoms with van der Waals surface area (Å²) < 4.78 is 34.6. The van der Waals surface area contributed by atoms with Gasteiger partial charge in [0.25, 0.3) is 15.9 Å². The molecule has 0 spiro atoms. The Balaban J connectivity index is 1.72. The van der Waals surface area contributed by atoms with E-state index in [0.29, 0.717) is 49.8 Å². The number of carbonyl (C=O) groups excluding carboxylic acids is 1. The summed E-state index contributed by atoms with van der Waals surface area (Å²) in [6, 6.07) is 4.95. The third-order valence-electron chi connectivity index (χ3n) is 4.89. The number of nitrogens with zero attached hydrogens (tertiary/aromatic N) is 3. The second-order valence-electron chi connectivity index (χ2n) is 6.53. The van der Waals surface area contributed by atoms with Gasteiger partial charge in [-0.2, -0.15) is 8.42 Å². The van der Waals surface area contributed by atoms with E-state index in [-0.39, 0.29) is 10.8 Å². The zero-order valence-corrected chi connectivity index (χ0v) is 14.8. The zero-order chi connectivity index (χ0) is 17.4. The van der Waals surface area contributed by atoms with Gasteiger partial charge in [0.2, 0.25) is 0 Å². The van der Waals surface area contributed by atoms with Crippen LogP contribution in [0.1, 0.15) is 36.0 Å². The van der Waals surface area contributed by atoms with E-state index >= 15 is 0 Å². The highest BCUT2D eigenvalue weighted by Crippen LogP contribution is 2.35. The van der Waals surface area contributed by atoms with Crippen LogP contribution >= 0.6 is 0 Å². The fraction of sp³-hybridized carbons (Fsp3) is 0.529. The molecular weight excluding hydrogens is 342 g/mol. The molecule has 4 rings (SSSR count). The summed E-state index contributed by atoms with van der Waals surface area (Å²) in [6.07, 6.45) is 3.70. The maximum absolute atomic E-state index is 12.7. The van der Waals surface area contributed by atoms with E-state index in [9.17, 15) is 13.2 Å². The Morgan fingerprint density at radius 2 is 1.88 bits per heavy atom. The molecule has 3 aliphatic rings. The fourth-order valence-corrected chi connectivity index (χ4v) is 4.85. The average Bonchev–Trinajstić information content (AvgIpc) is 2.86. The standard InChI is InChI=1S/C17H21N3O4S/c21-17(19-8-10-24-11-9-19)13-5-6-14-15(12-13)25(22,23)18-16-4-2-1-3-7-20(14)16/h5-6,12H,1-4,7-11H2. The number of carbonyl (C=O) groups is 1. The Morgan fingerprint density at radius 1 is 1.08 bits per heavy atom. The molecule has 8 heteroatoms. The number of fused-ring (bicyclic) bond motifs is 3. The molecule has 25 heavy (non-hydrogen) atoms. The first-order valence-corrected chi connectivity index (χ1v) is 10.1. The second-order valence-corrected chi connectivity index (χ2v) is 8.10. The van der Waals surface area contributed by atoms with Crippen LogP contribution in [0.15, 0.2) is 27.5 Å². The van der Waals surface area contributed by atoms with Gasteiger partial charge in [-0.15, -0.1) is 4.40 Å². The topological polar surface area (TPSA) is 79.3 Å². The number of morpholine rings is 1. The van der Waals surface area contributed by atoms with Crippen molar-refractivity contribution in [1.82, 2.24) is 4.90 Å². The maximum Gasteiger partial charge on any atom is 0.286 e. The van der Waals surface area contributed by atoms with Crippen LogP contribution in [0.3, 0.4) is 0 Å². The molecule has 0 aliphatic carbocycles. The number of sulfonamides is 1. The molecule has 0 radical (unpaired) electrons. The fourth-order valence-electron chi connectivity index (χ4n) is 3.56. The number of rotatable bonds is 1. The molecule has 0 aromatic heterocycles. The van der Waals surface area contributed by atoms with E-state index in [1.165, 1.54) is 6.07 Å². The normalized spacial score (nSPS) is 22.5. The summed E-state index contributed by atoms with van der Waals surface area (Å²) in [5.41, 5.74) is 1.03. The predicted octanol–water partition coefficient (Wildman–Crippen LogP) is 1.64. The van der Waals surface area contributed by atoms with E-state index in [4.69, 9.17) is 4.74 Å². The molecule has 2 fully saturated rings. The van der Waals surface area contributed by atoms with E-state index in [1.807, 2.05) is 4.90 Å². The Morgan fingerprint density at radius 3 is 2.68 bits per heavy atom. The first-order chi connectivity index (χ1) is 12.1. The van der Waals surface area contributed by atoms with Crippen LogP contribution in [-0.4, -0.2) is 57.9 Å². The smallest absolute Gasteiger partial charge is 0.286 e. The van der Waals surface area contributed by atoms with Crippen molar-refractivity contribution in [2.24, 2.45) is 4.40 Å². The average molecular weight is 363 g/mol. The number of anilines is 1. The minimum Gasteiger partial charge on any atom is -0.378 e. The minimum absolute atomic E-state index is 0.136. The molecule has 7 nitrogen and oxygen atoms in total. The highest BCUT2D eigenvalue weighted by Gasteiger charge is 2.32. The molecule has 0 saturated carbocycles. The first-order valence-electron chi connectivity index (χ1n) is 8.69. The van der Waals surface area contributed by atoms with Gasteiger partial charge in [0.1, 0.15) is 10.7 Å². The van der Waals surface area contributed by atoms with Crippen molar-refractivity contribution in [2.75, 3.05) is 37.7 Å². The molecule has 0 atom stereocenters. The van der Waals surface area contributed by atoms with E-state index in [2.05, 4.69) is 4.40 Å². The van der Waals surface area contributed by atoms with Gasteiger partial charge in [-0.3, -0.25) is 4.79 Å². The van der Waals surface area contributed by atoms with Crippen molar-refractivity contribution in [2.45, 2.75) is 30.6 Å². The van der Waals surface area contributed by atoms with Crippen LogP contribution in [0.5, 0.6) is 0 Å². The summed E-state index contributed by atoms with van der Waals surface area (Å²) in [5.74, 6) is 0.462. The van der Waals surface area contributed by atoms with Crippen LogP contribution in [-0.2, 0) is 14.8 Å². The Bertz CT molecular complexity index is 828. The number of hydrogen-bond donors (Lipinski definition) is 0. The molecule has 2 saturated heterocycles. The van der Waals surface area contributed by atoms with Gasteiger partial charge in [0.05, 0.1) is 18.9 Å². The monoisotopic (exact) mass is 363 g/mol. The first kappa shape index (κ1) is 16.5. The summed E-state index contributed by atoms with van der Waals surface area (Å²) in [4.78, 5) is 16.5. The highest BCUT2D eigenvalue weighted by molar-refractivity contribution is 7.90. The summed E-state index contributed by atoms with van der Waals surface area (Å²) in [5, 5.41) is 0. The maximum atomic E-state index is 12.7.